The van der Waals surface area contributed by atoms with Crippen molar-refractivity contribution in [3.8, 4) is 5.75 Å². The highest BCUT2D eigenvalue weighted by atomic mass is 19.1. The van der Waals surface area contributed by atoms with Crippen molar-refractivity contribution in [3.05, 3.63) is 29.6 Å². The second-order valence-electron chi connectivity index (χ2n) is 4.40. The van der Waals surface area contributed by atoms with Gasteiger partial charge in [-0.05, 0) is 23.6 Å². The molecule has 0 saturated carbocycles. The van der Waals surface area contributed by atoms with Crippen molar-refractivity contribution in [1.29, 1.82) is 0 Å². The third kappa shape index (κ3) is 4.17. The monoisotopic (exact) mass is 238 g/mol. The van der Waals surface area contributed by atoms with Crippen LogP contribution in [0.25, 0.3) is 0 Å². The van der Waals surface area contributed by atoms with Crippen LogP contribution >= 0.6 is 0 Å². The second-order valence-corrected chi connectivity index (χ2v) is 4.40. The summed E-state index contributed by atoms with van der Waals surface area (Å²) >= 11 is 0. The van der Waals surface area contributed by atoms with Crippen molar-refractivity contribution in [2.75, 3.05) is 7.11 Å². The molecule has 17 heavy (non-hydrogen) atoms. The first-order chi connectivity index (χ1) is 8.06. The number of methoxy groups -OCH3 is 1. The minimum Gasteiger partial charge on any atom is -0.494 e. The van der Waals surface area contributed by atoms with Crippen molar-refractivity contribution in [2.45, 2.75) is 33.1 Å². The van der Waals surface area contributed by atoms with E-state index >= 15 is 0 Å². The van der Waals surface area contributed by atoms with Gasteiger partial charge in [-0.3, -0.25) is 4.79 Å². The Morgan fingerprint density at radius 1 is 1.47 bits per heavy atom. The number of ketones is 1. The molecule has 0 bridgehead atoms. The van der Waals surface area contributed by atoms with Crippen LogP contribution in [-0.2, 0) is 11.2 Å². The van der Waals surface area contributed by atoms with Gasteiger partial charge in [0.25, 0.3) is 0 Å². The van der Waals surface area contributed by atoms with E-state index in [0.29, 0.717) is 24.3 Å². The number of carbonyl (C=O) groups excluding carboxylic acids is 1. The lowest BCUT2D eigenvalue weighted by molar-refractivity contribution is -0.119. The van der Waals surface area contributed by atoms with E-state index in [0.717, 1.165) is 6.42 Å². The van der Waals surface area contributed by atoms with Gasteiger partial charge in [0.15, 0.2) is 11.6 Å². The smallest absolute Gasteiger partial charge is 0.165 e. The fourth-order valence-electron chi connectivity index (χ4n) is 1.65. The fourth-order valence-corrected chi connectivity index (χ4v) is 1.65. The number of rotatable bonds is 6. The lowest BCUT2D eigenvalue weighted by Gasteiger charge is -2.08. The molecular weight excluding hydrogens is 219 g/mol. The number of benzene rings is 1. The summed E-state index contributed by atoms with van der Waals surface area (Å²) in [5, 5.41) is 0. The van der Waals surface area contributed by atoms with Crippen LogP contribution in [0.1, 0.15) is 32.3 Å². The predicted octanol–water partition coefficient (Wildman–Crippen LogP) is 3.38. The van der Waals surface area contributed by atoms with E-state index in [9.17, 15) is 9.18 Å². The number of hydrogen-bond donors (Lipinski definition) is 0. The molecule has 0 aliphatic rings. The Labute approximate surface area is 102 Å². The standard InChI is InChI=1S/C14H19FO2/c1-4-10(2)7-12(16)8-11-5-6-14(17-3)13(15)9-11/h5-6,9-10H,4,7-8H2,1-3H3. The molecule has 1 aromatic rings. The van der Waals surface area contributed by atoms with Gasteiger partial charge < -0.3 is 4.74 Å². The molecule has 2 nitrogen and oxygen atoms in total. The summed E-state index contributed by atoms with van der Waals surface area (Å²) < 4.78 is 18.2. The average molecular weight is 238 g/mol. The molecule has 94 valence electrons. The van der Waals surface area contributed by atoms with Gasteiger partial charge in [-0.2, -0.15) is 0 Å². The predicted molar refractivity (Wildman–Crippen MR) is 65.7 cm³/mol. The highest BCUT2D eigenvalue weighted by Gasteiger charge is 2.10. The topological polar surface area (TPSA) is 26.3 Å². The van der Waals surface area contributed by atoms with Crippen molar-refractivity contribution in [1.82, 2.24) is 0 Å². The lowest BCUT2D eigenvalue weighted by Crippen LogP contribution is -2.08. The van der Waals surface area contributed by atoms with Crippen LogP contribution < -0.4 is 4.74 Å². The molecule has 1 unspecified atom stereocenters. The quantitative estimate of drug-likeness (QED) is 0.759. The third-order valence-electron chi connectivity index (χ3n) is 2.89. The van der Waals surface area contributed by atoms with Crippen molar-refractivity contribution < 1.29 is 13.9 Å². The van der Waals surface area contributed by atoms with Crippen LogP contribution in [0.4, 0.5) is 4.39 Å². The first-order valence-corrected chi connectivity index (χ1v) is 5.91. The van der Waals surface area contributed by atoms with Crippen LogP contribution in [0.3, 0.4) is 0 Å². The van der Waals surface area contributed by atoms with Gasteiger partial charge >= 0.3 is 0 Å². The Bertz CT molecular complexity index is 388. The zero-order chi connectivity index (χ0) is 12.8. The third-order valence-corrected chi connectivity index (χ3v) is 2.89. The van der Waals surface area contributed by atoms with Crippen molar-refractivity contribution >= 4 is 5.78 Å². The first kappa shape index (κ1) is 13.7. The summed E-state index contributed by atoms with van der Waals surface area (Å²) in [5.74, 6) is 0.346. The minimum absolute atomic E-state index is 0.156. The van der Waals surface area contributed by atoms with Crippen molar-refractivity contribution in [3.63, 3.8) is 0 Å². The molecule has 0 fully saturated rings. The fraction of sp³-hybridized carbons (Fsp3) is 0.500. The maximum Gasteiger partial charge on any atom is 0.165 e. The average Bonchev–Trinajstić information content (AvgIpc) is 2.29. The molecule has 1 rings (SSSR count). The molecule has 0 spiro atoms. The molecule has 3 heteroatoms. The molecule has 0 saturated heterocycles. The molecule has 0 aliphatic heterocycles. The van der Waals surface area contributed by atoms with E-state index in [-0.39, 0.29) is 11.5 Å². The molecule has 0 radical (unpaired) electrons. The Hall–Kier alpha value is -1.38. The summed E-state index contributed by atoms with van der Waals surface area (Å²) in [4.78, 5) is 11.7. The molecule has 0 N–H and O–H groups in total. The summed E-state index contributed by atoms with van der Waals surface area (Å²) in [5.41, 5.74) is 0.705. The summed E-state index contributed by atoms with van der Waals surface area (Å²) in [7, 11) is 1.42. The van der Waals surface area contributed by atoms with Gasteiger partial charge in [0.2, 0.25) is 0 Å². The van der Waals surface area contributed by atoms with Gasteiger partial charge in [0.05, 0.1) is 7.11 Å². The summed E-state index contributed by atoms with van der Waals surface area (Å²) in [6.07, 6.45) is 1.85. The van der Waals surface area contributed by atoms with E-state index in [1.807, 2.05) is 6.92 Å². The zero-order valence-corrected chi connectivity index (χ0v) is 10.6. The largest absolute Gasteiger partial charge is 0.494 e. The Balaban J connectivity index is 2.63. The van der Waals surface area contributed by atoms with Crippen LogP contribution in [0.5, 0.6) is 5.75 Å². The SMILES string of the molecule is CCC(C)CC(=O)Cc1ccc(OC)c(F)c1. The second kappa shape index (κ2) is 6.38. The molecule has 1 aromatic carbocycles. The summed E-state index contributed by atoms with van der Waals surface area (Å²) in [6.45, 7) is 4.11. The highest BCUT2D eigenvalue weighted by Crippen LogP contribution is 2.19. The minimum atomic E-state index is -0.415. The normalized spacial score (nSPS) is 12.2. The molecular formula is C14H19FO2. The van der Waals surface area contributed by atoms with Gasteiger partial charge in [-0.1, -0.05) is 26.3 Å². The highest BCUT2D eigenvalue weighted by molar-refractivity contribution is 5.81. The van der Waals surface area contributed by atoms with Gasteiger partial charge in [-0.15, -0.1) is 0 Å². The Morgan fingerprint density at radius 3 is 2.71 bits per heavy atom. The Kier molecular flexibility index (Phi) is 5.13. The number of hydrogen-bond acceptors (Lipinski definition) is 2. The molecule has 0 aliphatic carbocycles. The maximum atomic E-state index is 13.4. The van der Waals surface area contributed by atoms with Gasteiger partial charge in [-0.25, -0.2) is 4.39 Å². The van der Waals surface area contributed by atoms with Crippen molar-refractivity contribution in [2.24, 2.45) is 5.92 Å². The van der Waals surface area contributed by atoms with E-state index in [1.165, 1.54) is 13.2 Å². The van der Waals surface area contributed by atoms with E-state index in [1.54, 1.807) is 12.1 Å². The van der Waals surface area contributed by atoms with E-state index in [2.05, 4.69) is 6.92 Å². The molecule has 0 aromatic heterocycles. The number of carbonyl (C=O) groups is 1. The molecule has 1 atom stereocenters. The van der Waals surface area contributed by atoms with Crippen LogP contribution in [-0.4, -0.2) is 12.9 Å². The van der Waals surface area contributed by atoms with Gasteiger partial charge in [0.1, 0.15) is 5.78 Å². The number of halogens is 1. The van der Waals surface area contributed by atoms with Gasteiger partial charge in [0, 0.05) is 12.8 Å². The summed E-state index contributed by atoms with van der Waals surface area (Å²) in [6, 6.07) is 4.66. The number of ether oxygens (including phenoxy) is 1. The van der Waals surface area contributed by atoms with E-state index < -0.39 is 5.82 Å². The molecule has 0 heterocycles. The Morgan fingerprint density at radius 2 is 2.18 bits per heavy atom. The zero-order valence-electron chi connectivity index (χ0n) is 10.6. The lowest BCUT2D eigenvalue weighted by atomic mass is 9.98. The van der Waals surface area contributed by atoms with Crippen LogP contribution in [0.2, 0.25) is 0 Å². The molecule has 0 amide bonds. The maximum absolute atomic E-state index is 13.4. The number of Topliss-reactive ketones (excluding diaryl/α,β-unsaturated/α-hetero) is 1. The van der Waals surface area contributed by atoms with E-state index in [4.69, 9.17) is 4.74 Å². The van der Waals surface area contributed by atoms with Crippen LogP contribution in [0.15, 0.2) is 18.2 Å². The van der Waals surface area contributed by atoms with Crippen LogP contribution in [0, 0.1) is 11.7 Å². The first-order valence-electron chi connectivity index (χ1n) is 5.91.